The molecule has 1 saturated heterocycles. The highest BCUT2D eigenvalue weighted by Crippen LogP contribution is 2.32. The van der Waals surface area contributed by atoms with Crippen molar-refractivity contribution in [1.29, 1.82) is 0 Å². The van der Waals surface area contributed by atoms with Gasteiger partial charge >= 0.3 is 6.03 Å². The average molecular weight is 574 g/mol. The minimum Gasteiger partial charge on any atom is -0.378 e. The molecule has 5 aromatic rings. The van der Waals surface area contributed by atoms with E-state index in [9.17, 15) is 9.59 Å². The number of hydrogen-bond donors (Lipinski definition) is 2. The Morgan fingerprint density at radius 2 is 1.53 bits per heavy atom. The van der Waals surface area contributed by atoms with Crippen molar-refractivity contribution in [3.8, 4) is 22.5 Å². The third kappa shape index (κ3) is 6.29. The van der Waals surface area contributed by atoms with Gasteiger partial charge in [-0.1, -0.05) is 12.1 Å². The number of nitrogens with zero attached hydrogens (tertiary/aromatic N) is 5. The maximum Gasteiger partial charge on any atom is 0.326 e. The molecule has 1 aliphatic rings. The molecule has 1 fully saturated rings. The van der Waals surface area contributed by atoms with Gasteiger partial charge in [-0.15, -0.1) is 0 Å². The van der Waals surface area contributed by atoms with Crippen molar-refractivity contribution in [2.75, 3.05) is 53.8 Å². The third-order valence-electron chi connectivity index (χ3n) is 7.26. The summed E-state index contributed by atoms with van der Waals surface area (Å²) in [5, 5.41) is 6.64. The van der Waals surface area contributed by atoms with Gasteiger partial charge < -0.3 is 20.3 Å². The zero-order valence-corrected chi connectivity index (χ0v) is 23.9. The number of rotatable bonds is 6. The van der Waals surface area contributed by atoms with Crippen molar-refractivity contribution in [1.82, 2.24) is 15.0 Å². The first-order valence-electron chi connectivity index (χ1n) is 14.0. The van der Waals surface area contributed by atoms with Crippen molar-refractivity contribution >= 4 is 45.7 Å². The number of ether oxygens (including phenoxy) is 1. The fourth-order valence-corrected chi connectivity index (χ4v) is 4.97. The summed E-state index contributed by atoms with van der Waals surface area (Å²) in [4.78, 5) is 42.2. The van der Waals surface area contributed by atoms with Crippen LogP contribution in [0.15, 0.2) is 91.3 Å². The SMILES string of the molecule is CC(=O)Nc1ccc(N(C)C(=O)Nc2ccc(-c3nc(N4CCOCC4)c4ccc(-c5cccnc5)cc4n3)cc2)cc1. The minimum atomic E-state index is -0.292. The fraction of sp³-hybridized carbons (Fsp3) is 0.182. The zero-order valence-electron chi connectivity index (χ0n) is 23.9. The molecular weight excluding hydrogens is 542 g/mol. The number of pyridine rings is 1. The second-order valence-corrected chi connectivity index (χ2v) is 10.2. The molecule has 0 unspecified atom stereocenters. The van der Waals surface area contributed by atoms with Gasteiger partial charge in [-0.3, -0.25) is 14.7 Å². The van der Waals surface area contributed by atoms with Gasteiger partial charge in [0, 0.05) is 73.0 Å². The molecule has 10 nitrogen and oxygen atoms in total. The molecule has 10 heteroatoms. The highest BCUT2D eigenvalue weighted by Gasteiger charge is 2.19. The first-order valence-corrected chi connectivity index (χ1v) is 14.0. The molecule has 0 atom stereocenters. The van der Waals surface area contributed by atoms with Crippen LogP contribution >= 0.6 is 0 Å². The number of nitrogens with one attached hydrogen (secondary N) is 2. The summed E-state index contributed by atoms with van der Waals surface area (Å²) in [6, 6.07) is 24.5. The van der Waals surface area contributed by atoms with Crippen molar-refractivity contribution < 1.29 is 14.3 Å². The van der Waals surface area contributed by atoms with Gasteiger partial charge in [0.1, 0.15) is 5.82 Å². The van der Waals surface area contributed by atoms with Crippen LogP contribution in [0.2, 0.25) is 0 Å². The summed E-state index contributed by atoms with van der Waals surface area (Å²) in [5.41, 5.74) is 5.73. The van der Waals surface area contributed by atoms with E-state index >= 15 is 0 Å². The number of amides is 3. The number of urea groups is 1. The molecule has 0 spiro atoms. The quantitative estimate of drug-likeness (QED) is 0.263. The number of aromatic nitrogens is 3. The maximum absolute atomic E-state index is 12.9. The minimum absolute atomic E-state index is 0.150. The van der Waals surface area contributed by atoms with E-state index in [0.29, 0.717) is 36.1 Å². The van der Waals surface area contributed by atoms with Gasteiger partial charge in [0.15, 0.2) is 5.82 Å². The van der Waals surface area contributed by atoms with Crippen LogP contribution in [0.1, 0.15) is 6.92 Å². The number of hydrogen-bond acceptors (Lipinski definition) is 7. The first kappa shape index (κ1) is 27.8. The fourth-order valence-electron chi connectivity index (χ4n) is 4.97. The van der Waals surface area contributed by atoms with Crippen LogP contribution in [-0.2, 0) is 9.53 Å². The molecule has 6 rings (SSSR count). The van der Waals surface area contributed by atoms with Crippen LogP contribution < -0.4 is 20.4 Å². The molecule has 3 heterocycles. The van der Waals surface area contributed by atoms with Gasteiger partial charge in [-0.25, -0.2) is 14.8 Å². The molecule has 3 amide bonds. The molecule has 3 aromatic carbocycles. The lowest BCUT2D eigenvalue weighted by Crippen LogP contribution is -2.37. The van der Waals surface area contributed by atoms with Crippen LogP contribution in [-0.4, -0.2) is 60.2 Å². The highest BCUT2D eigenvalue weighted by atomic mass is 16.5. The second kappa shape index (κ2) is 12.3. The Balaban J connectivity index is 1.26. The van der Waals surface area contributed by atoms with E-state index in [0.717, 1.165) is 46.5 Å². The maximum atomic E-state index is 12.9. The smallest absolute Gasteiger partial charge is 0.326 e. The molecule has 216 valence electrons. The van der Waals surface area contributed by atoms with E-state index in [2.05, 4.69) is 38.7 Å². The van der Waals surface area contributed by atoms with E-state index < -0.39 is 0 Å². The lowest BCUT2D eigenvalue weighted by Gasteiger charge is -2.29. The van der Waals surface area contributed by atoms with Crippen molar-refractivity contribution in [3.63, 3.8) is 0 Å². The van der Waals surface area contributed by atoms with Crippen molar-refractivity contribution in [2.24, 2.45) is 0 Å². The van der Waals surface area contributed by atoms with E-state index in [-0.39, 0.29) is 11.9 Å². The van der Waals surface area contributed by atoms with Crippen LogP contribution in [0.3, 0.4) is 0 Å². The predicted molar refractivity (Wildman–Crippen MR) is 169 cm³/mol. The number of carbonyl (C=O) groups excluding carboxylic acids is 2. The number of morpholine rings is 1. The van der Waals surface area contributed by atoms with Crippen molar-refractivity contribution in [3.05, 3.63) is 91.3 Å². The van der Waals surface area contributed by atoms with E-state index in [1.165, 1.54) is 11.8 Å². The van der Waals surface area contributed by atoms with Crippen LogP contribution in [0.4, 0.5) is 27.7 Å². The zero-order chi connectivity index (χ0) is 29.8. The first-order chi connectivity index (χ1) is 20.9. The summed E-state index contributed by atoms with van der Waals surface area (Å²) in [6.07, 6.45) is 3.61. The Labute approximate surface area is 249 Å². The van der Waals surface area contributed by atoms with Gasteiger partial charge in [-0.2, -0.15) is 0 Å². The normalized spacial score (nSPS) is 13.0. The summed E-state index contributed by atoms with van der Waals surface area (Å²) >= 11 is 0. The van der Waals surface area contributed by atoms with E-state index in [1.54, 1.807) is 37.5 Å². The molecular formula is C33H31N7O3. The molecule has 0 aliphatic carbocycles. The average Bonchev–Trinajstić information content (AvgIpc) is 3.05. The number of benzene rings is 3. The molecule has 2 aromatic heterocycles. The standard InChI is InChI=1S/C33H31N7O3/c1-22(41)35-26-10-12-28(13-11-26)39(2)33(42)36-27-8-5-23(6-9-27)31-37-30-20-24(25-4-3-15-34-21-25)7-14-29(30)32(38-31)40-16-18-43-19-17-40/h3-15,20-21H,16-19H2,1-2H3,(H,35,41)(H,36,42). The number of anilines is 4. The van der Waals surface area contributed by atoms with Crippen LogP contribution in [0.25, 0.3) is 33.4 Å². The molecule has 43 heavy (non-hydrogen) atoms. The molecule has 0 saturated carbocycles. The van der Waals surface area contributed by atoms with Crippen LogP contribution in [0.5, 0.6) is 0 Å². The van der Waals surface area contributed by atoms with Gasteiger partial charge in [0.2, 0.25) is 5.91 Å². The predicted octanol–water partition coefficient (Wildman–Crippen LogP) is 5.82. The van der Waals surface area contributed by atoms with E-state index in [1.807, 2.05) is 42.6 Å². The van der Waals surface area contributed by atoms with Gasteiger partial charge in [0.05, 0.1) is 18.7 Å². The lowest BCUT2D eigenvalue weighted by molar-refractivity contribution is -0.114. The monoisotopic (exact) mass is 573 g/mol. The van der Waals surface area contributed by atoms with Gasteiger partial charge in [0.25, 0.3) is 0 Å². The summed E-state index contributed by atoms with van der Waals surface area (Å²) < 4.78 is 5.59. The van der Waals surface area contributed by atoms with Crippen molar-refractivity contribution in [2.45, 2.75) is 6.92 Å². The third-order valence-corrected chi connectivity index (χ3v) is 7.26. The Hall–Kier alpha value is -5.35. The Morgan fingerprint density at radius 3 is 2.23 bits per heavy atom. The summed E-state index contributed by atoms with van der Waals surface area (Å²) in [7, 11) is 1.69. The highest BCUT2D eigenvalue weighted by molar-refractivity contribution is 6.01. The number of carbonyl (C=O) groups is 2. The van der Waals surface area contributed by atoms with E-state index in [4.69, 9.17) is 14.7 Å². The lowest BCUT2D eigenvalue weighted by atomic mass is 10.0. The Kier molecular flexibility index (Phi) is 7.92. The second-order valence-electron chi connectivity index (χ2n) is 10.2. The molecule has 1 aliphatic heterocycles. The largest absolute Gasteiger partial charge is 0.378 e. The van der Waals surface area contributed by atoms with Crippen LogP contribution in [0, 0.1) is 0 Å². The number of fused-ring (bicyclic) bond motifs is 1. The topological polar surface area (TPSA) is 113 Å². The van der Waals surface area contributed by atoms with Gasteiger partial charge in [-0.05, 0) is 72.3 Å². The molecule has 0 bridgehead atoms. The molecule has 2 N–H and O–H groups in total. The molecule has 0 radical (unpaired) electrons. The Bertz CT molecular complexity index is 1750. The summed E-state index contributed by atoms with van der Waals surface area (Å²) in [6.45, 7) is 4.26. The summed E-state index contributed by atoms with van der Waals surface area (Å²) in [5.74, 6) is 1.33. The Morgan fingerprint density at radius 1 is 0.837 bits per heavy atom.